The molecule has 0 radical (unpaired) electrons. The number of hydrogen-bond acceptors (Lipinski definition) is 5. The van der Waals surface area contributed by atoms with Gasteiger partial charge >= 0.3 is 0 Å². The van der Waals surface area contributed by atoms with Gasteiger partial charge in [0.1, 0.15) is 11.6 Å². The summed E-state index contributed by atoms with van der Waals surface area (Å²) in [7, 11) is 1.79. The number of nitrogens with one attached hydrogen (secondary N) is 2. The van der Waals surface area contributed by atoms with Gasteiger partial charge in [0.25, 0.3) is 0 Å². The van der Waals surface area contributed by atoms with Gasteiger partial charge < -0.3 is 16.4 Å². The molecule has 0 saturated carbocycles. The molecule has 2 aromatic rings. The van der Waals surface area contributed by atoms with Crippen LogP contribution in [-0.4, -0.2) is 17.0 Å². The van der Waals surface area contributed by atoms with Crippen LogP contribution in [0.1, 0.15) is 0 Å². The fraction of sp³-hybridized carbons (Fsp3) is 0.0909. The summed E-state index contributed by atoms with van der Waals surface area (Å²) in [4.78, 5) is 8.14. The Balaban J connectivity index is 2.23. The molecule has 1 aromatic heterocycles. The summed E-state index contributed by atoms with van der Waals surface area (Å²) < 4.78 is 1.19. The largest absolute Gasteiger partial charge is 0.373 e. The molecule has 0 saturated heterocycles. The van der Waals surface area contributed by atoms with E-state index in [0.29, 0.717) is 11.6 Å². The summed E-state index contributed by atoms with van der Waals surface area (Å²) >= 11 is 2.26. The number of rotatable bonds is 3. The number of hydrogen-bond donors (Lipinski definition) is 3. The molecule has 0 bridgehead atoms. The number of halogens is 1. The Morgan fingerprint density at radius 2 is 1.76 bits per heavy atom. The lowest BCUT2D eigenvalue weighted by atomic mass is 10.3. The summed E-state index contributed by atoms with van der Waals surface area (Å²) in [6.07, 6.45) is 0. The predicted octanol–water partition coefficient (Wildman–Crippen LogP) is 2.45. The van der Waals surface area contributed by atoms with Crippen molar-refractivity contribution in [3.05, 3.63) is 33.9 Å². The average molecular weight is 341 g/mol. The van der Waals surface area contributed by atoms with E-state index in [9.17, 15) is 0 Å². The summed E-state index contributed by atoms with van der Waals surface area (Å²) in [5, 5.41) is 6.10. The average Bonchev–Trinajstić information content (AvgIpc) is 2.31. The van der Waals surface area contributed by atoms with Crippen LogP contribution < -0.4 is 16.4 Å². The van der Waals surface area contributed by atoms with E-state index in [1.54, 1.807) is 13.1 Å². The lowest BCUT2D eigenvalue weighted by Gasteiger charge is -2.08. The van der Waals surface area contributed by atoms with Crippen molar-refractivity contribution in [3.8, 4) is 0 Å². The molecule has 17 heavy (non-hydrogen) atoms. The lowest BCUT2D eigenvalue weighted by molar-refractivity contribution is 1.17. The Morgan fingerprint density at radius 3 is 2.41 bits per heavy atom. The van der Waals surface area contributed by atoms with Crippen molar-refractivity contribution < 1.29 is 0 Å². The monoisotopic (exact) mass is 341 g/mol. The maximum Gasteiger partial charge on any atom is 0.223 e. The van der Waals surface area contributed by atoms with Gasteiger partial charge in [0.05, 0.1) is 0 Å². The van der Waals surface area contributed by atoms with Crippen molar-refractivity contribution in [3.63, 3.8) is 0 Å². The van der Waals surface area contributed by atoms with Crippen LogP contribution in [0.2, 0.25) is 0 Å². The van der Waals surface area contributed by atoms with Crippen LogP contribution in [-0.2, 0) is 0 Å². The molecule has 1 heterocycles. The van der Waals surface area contributed by atoms with Gasteiger partial charge in [-0.15, -0.1) is 0 Å². The minimum absolute atomic E-state index is 0.241. The number of nitrogen functional groups attached to an aromatic ring is 1. The molecular formula is C11H12IN5. The normalized spacial score (nSPS) is 10.0. The molecule has 5 nitrogen and oxygen atoms in total. The number of aromatic nitrogens is 2. The van der Waals surface area contributed by atoms with E-state index in [4.69, 9.17) is 5.73 Å². The fourth-order valence-corrected chi connectivity index (χ4v) is 1.70. The van der Waals surface area contributed by atoms with Crippen molar-refractivity contribution in [1.29, 1.82) is 0 Å². The zero-order valence-electron chi connectivity index (χ0n) is 9.24. The van der Waals surface area contributed by atoms with Crippen LogP contribution in [0.3, 0.4) is 0 Å². The van der Waals surface area contributed by atoms with Gasteiger partial charge in [-0.05, 0) is 46.9 Å². The van der Waals surface area contributed by atoms with Gasteiger partial charge in [-0.3, -0.25) is 0 Å². The molecule has 0 aliphatic carbocycles. The van der Waals surface area contributed by atoms with Crippen molar-refractivity contribution in [2.75, 3.05) is 23.4 Å². The molecule has 2 rings (SSSR count). The Kier molecular flexibility index (Phi) is 3.62. The maximum atomic E-state index is 5.61. The minimum atomic E-state index is 0.241. The number of anilines is 4. The van der Waals surface area contributed by atoms with E-state index in [2.05, 4.69) is 43.2 Å². The Morgan fingerprint density at radius 1 is 1.12 bits per heavy atom. The van der Waals surface area contributed by atoms with Crippen LogP contribution in [0.5, 0.6) is 0 Å². The molecule has 0 aliphatic heterocycles. The molecule has 0 unspecified atom stereocenters. The third-order valence-electron chi connectivity index (χ3n) is 2.12. The maximum absolute atomic E-state index is 5.61. The second-order valence-electron chi connectivity index (χ2n) is 3.38. The highest BCUT2D eigenvalue weighted by Crippen LogP contribution is 2.18. The van der Waals surface area contributed by atoms with Crippen LogP contribution in [0.4, 0.5) is 23.3 Å². The number of nitrogens with two attached hydrogens (primary N) is 1. The molecular weight excluding hydrogens is 329 g/mol. The zero-order chi connectivity index (χ0) is 12.3. The smallest absolute Gasteiger partial charge is 0.223 e. The Hall–Kier alpha value is -1.57. The lowest BCUT2D eigenvalue weighted by Crippen LogP contribution is -2.03. The van der Waals surface area contributed by atoms with Gasteiger partial charge in [-0.25, -0.2) is 0 Å². The van der Waals surface area contributed by atoms with Gasteiger partial charge in [0.15, 0.2) is 0 Å². The van der Waals surface area contributed by atoms with Gasteiger partial charge in [0, 0.05) is 22.4 Å². The first-order chi connectivity index (χ1) is 8.17. The first kappa shape index (κ1) is 11.9. The molecule has 4 N–H and O–H groups in total. The van der Waals surface area contributed by atoms with Crippen molar-refractivity contribution in [2.45, 2.75) is 0 Å². The van der Waals surface area contributed by atoms with Crippen molar-refractivity contribution in [2.24, 2.45) is 0 Å². The number of nitrogens with zero attached hydrogens (tertiary/aromatic N) is 2. The Bertz CT molecular complexity index is 512. The van der Waals surface area contributed by atoms with Gasteiger partial charge in [0.2, 0.25) is 5.95 Å². The summed E-state index contributed by atoms with van der Waals surface area (Å²) in [6.45, 7) is 0. The molecule has 0 aliphatic rings. The van der Waals surface area contributed by atoms with Gasteiger partial charge in [-0.1, -0.05) is 0 Å². The molecule has 6 heteroatoms. The second kappa shape index (κ2) is 5.17. The molecule has 0 atom stereocenters. The highest BCUT2D eigenvalue weighted by molar-refractivity contribution is 14.1. The first-order valence-corrected chi connectivity index (χ1v) is 6.10. The summed E-state index contributed by atoms with van der Waals surface area (Å²) in [5.41, 5.74) is 6.57. The fourth-order valence-electron chi connectivity index (χ4n) is 1.34. The van der Waals surface area contributed by atoms with E-state index >= 15 is 0 Å². The Labute approximate surface area is 113 Å². The third-order valence-corrected chi connectivity index (χ3v) is 2.84. The van der Waals surface area contributed by atoms with Crippen LogP contribution >= 0.6 is 22.6 Å². The van der Waals surface area contributed by atoms with E-state index in [1.807, 2.05) is 24.3 Å². The van der Waals surface area contributed by atoms with E-state index in [0.717, 1.165) is 5.69 Å². The summed E-state index contributed by atoms with van der Waals surface area (Å²) in [6, 6.07) is 9.81. The van der Waals surface area contributed by atoms with Crippen LogP contribution in [0.25, 0.3) is 0 Å². The predicted molar refractivity (Wildman–Crippen MR) is 78.4 cm³/mol. The van der Waals surface area contributed by atoms with E-state index < -0.39 is 0 Å². The van der Waals surface area contributed by atoms with Crippen molar-refractivity contribution in [1.82, 2.24) is 9.97 Å². The SMILES string of the molecule is CNc1cc(Nc2ccc(I)cc2)nc(N)n1. The van der Waals surface area contributed by atoms with Gasteiger partial charge in [-0.2, -0.15) is 9.97 Å². The third kappa shape index (κ3) is 3.19. The zero-order valence-corrected chi connectivity index (χ0v) is 11.4. The van der Waals surface area contributed by atoms with Crippen molar-refractivity contribution >= 4 is 45.9 Å². The molecule has 0 amide bonds. The van der Waals surface area contributed by atoms with E-state index in [1.165, 1.54) is 3.57 Å². The molecule has 0 spiro atoms. The summed E-state index contributed by atoms with van der Waals surface area (Å²) in [5.74, 6) is 1.60. The number of benzene rings is 1. The standard InChI is InChI=1S/C11H12IN5/c1-14-9-6-10(17-11(13)16-9)15-8-4-2-7(12)3-5-8/h2-6H,1H3,(H4,13,14,15,16,17). The second-order valence-corrected chi connectivity index (χ2v) is 4.62. The molecule has 88 valence electrons. The first-order valence-electron chi connectivity index (χ1n) is 5.02. The molecule has 0 fully saturated rings. The highest BCUT2D eigenvalue weighted by atomic mass is 127. The minimum Gasteiger partial charge on any atom is -0.373 e. The quantitative estimate of drug-likeness (QED) is 0.748. The highest BCUT2D eigenvalue weighted by Gasteiger charge is 2.01. The van der Waals surface area contributed by atoms with E-state index in [-0.39, 0.29) is 5.95 Å². The molecule has 1 aromatic carbocycles. The van der Waals surface area contributed by atoms with Crippen LogP contribution in [0, 0.1) is 3.57 Å². The van der Waals surface area contributed by atoms with Crippen LogP contribution in [0.15, 0.2) is 30.3 Å². The topological polar surface area (TPSA) is 75.9 Å².